The summed E-state index contributed by atoms with van der Waals surface area (Å²) in [6.07, 6.45) is 75.8. The van der Waals surface area contributed by atoms with Crippen LogP contribution in [-0.4, -0.2) is 74.3 Å². The average Bonchev–Trinajstić information content (AvgIpc) is 3.40. The molecule has 0 spiro atoms. The molecule has 0 radical (unpaired) electrons. The van der Waals surface area contributed by atoms with E-state index in [2.05, 4.69) is 99.0 Å². The number of quaternary nitrogens is 1. The van der Waals surface area contributed by atoms with Crippen LogP contribution < -0.4 is 5.32 Å². The third kappa shape index (κ3) is 57.9. The zero-order valence-corrected chi connectivity index (χ0v) is 52.5. The fourth-order valence-electron chi connectivity index (χ4n) is 9.01. The lowest BCUT2D eigenvalue weighted by Crippen LogP contribution is -2.47. The Morgan fingerprint density at radius 1 is 0.449 bits per heavy atom. The van der Waals surface area contributed by atoms with Gasteiger partial charge in [0.05, 0.1) is 33.8 Å². The molecule has 0 bridgehead atoms. The predicted molar refractivity (Wildman–Crippen MR) is 337 cm³/mol. The lowest BCUT2D eigenvalue weighted by Gasteiger charge is -2.27. The van der Waals surface area contributed by atoms with Crippen LogP contribution in [0.25, 0.3) is 0 Å². The summed E-state index contributed by atoms with van der Waals surface area (Å²) >= 11 is 0. The summed E-state index contributed by atoms with van der Waals surface area (Å²) < 4.78 is 30.7. The molecule has 0 rings (SSSR count). The molecule has 452 valence electrons. The molecule has 3 atom stereocenters. The Morgan fingerprint density at radius 3 is 1.21 bits per heavy atom. The van der Waals surface area contributed by atoms with Gasteiger partial charge in [-0.05, 0) is 109 Å². The van der Waals surface area contributed by atoms with E-state index in [-0.39, 0.29) is 31.5 Å². The minimum Gasteiger partial charge on any atom is -0.456 e. The van der Waals surface area contributed by atoms with Crippen LogP contribution in [0.3, 0.4) is 0 Å². The second-order valence-corrected chi connectivity index (χ2v) is 24.4. The maximum absolute atomic E-state index is 13.6. The highest BCUT2D eigenvalue weighted by Crippen LogP contribution is 2.43. The Hall–Kier alpha value is -2.81. The van der Waals surface area contributed by atoms with Gasteiger partial charge < -0.3 is 19.4 Å². The molecule has 3 unspecified atom stereocenters. The maximum Gasteiger partial charge on any atom is 0.472 e. The largest absolute Gasteiger partial charge is 0.472 e. The van der Waals surface area contributed by atoms with Crippen LogP contribution in [0.15, 0.2) is 85.1 Å². The number of rotatable bonds is 58. The summed E-state index contributed by atoms with van der Waals surface area (Å²) in [5.41, 5.74) is 0. The van der Waals surface area contributed by atoms with E-state index in [1.165, 1.54) is 161 Å². The Bertz CT molecular complexity index is 1610. The number of nitrogens with one attached hydrogen (secondary N) is 1. The summed E-state index contributed by atoms with van der Waals surface area (Å²) in [6.45, 7) is 6.94. The van der Waals surface area contributed by atoms with Crippen molar-refractivity contribution in [2.75, 3.05) is 40.9 Å². The van der Waals surface area contributed by atoms with Crippen LogP contribution in [0.5, 0.6) is 0 Å². The molecule has 0 aliphatic rings. The molecule has 0 aromatic carbocycles. The van der Waals surface area contributed by atoms with E-state index in [0.717, 1.165) is 83.5 Å². The van der Waals surface area contributed by atoms with E-state index in [0.29, 0.717) is 23.9 Å². The average molecular weight is 1110 g/mol. The van der Waals surface area contributed by atoms with E-state index in [9.17, 15) is 19.0 Å². The molecule has 0 aliphatic carbocycles. The number of carbonyl (C=O) groups is 2. The van der Waals surface area contributed by atoms with Gasteiger partial charge in [0.25, 0.3) is 0 Å². The Morgan fingerprint density at radius 2 is 0.782 bits per heavy atom. The first-order valence-corrected chi connectivity index (χ1v) is 33.9. The van der Waals surface area contributed by atoms with Crippen molar-refractivity contribution in [3.05, 3.63) is 85.1 Å². The standard InChI is InChI=1S/C68H123N2O7P/c1-7-10-13-16-19-22-25-28-30-32-34-35-37-39-41-43-46-49-52-55-58-61-68(72)77-66(59-56-53-50-47-44-27-24-21-18-15-12-9-3)65(64-76-78(73,74)75-63-62-70(4,5)6)69-67(71)60-57-54-51-48-45-42-40-38-36-33-31-29-26-23-20-17-14-11-8-2/h19-20,22-23,28-31,36,38,42,45,56,59,65-66H,7-18,21,24-27,32-35,37,39-41,43-44,46-55,57-58,60-64H2,1-6H3,(H-,69,71,73,74)/p+1/b22-19-,23-20-,30-28-,31-29-,38-36-,45-42-,59-56+. The topological polar surface area (TPSA) is 111 Å². The number of allylic oxidation sites excluding steroid dienone is 13. The fourth-order valence-corrected chi connectivity index (χ4v) is 9.75. The van der Waals surface area contributed by atoms with Crippen LogP contribution >= 0.6 is 7.82 Å². The number of ether oxygens (including phenoxy) is 1. The van der Waals surface area contributed by atoms with Crippen molar-refractivity contribution in [1.82, 2.24) is 5.32 Å². The third-order valence-corrected chi connectivity index (χ3v) is 15.0. The minimum absolute atomic E-state index is 0.0305. The summed E-state index contributed by atoms with van der Waals surface area (Å²) in [6, 6.07) is -0.870. The highest BCUT2D eigenvalue weighted by Gasteiger charge is 2.30. The van der Waals surface area contributed by atoms with Crippen molar-refractivity contribution in [1.29, 1.82) is 0 Å². The molecule has 0 aromatic rings. The number of amides is 1. The highest BCUT2D eigenvalue weighted by atomic mass is 31.2. The fraction of sp³-hybridized carbons (Fsp3) is 0.765. The van der Waals surface area contributed by atoms with Crippen molar-refractivity contribution >= 4 is 19.7 Å². The number of likely N-dealkylation sites (N-methyl/N-ethyl adjacent to an activating group) is 1. The van der Waals surface area contributed by atoms with Gasteiger partial charge in [0.1, 0.15) is 19.3 Å². The summed E-state index contributed by atoms with van der Waals surface area (Å²) in [4.78, 5) is 37.8. The quantitative estimate of drug-likeness (QED) is 0.0205. The molecule has 0 aromatic heterocycles. The lowest BCUT2D eigenvalue weighted by molar-refractivity contribution is -0.870. The van der Waals surface area contributed by atoms with Gasteiger partial charge in [-0.2, -0.15) is 0 Å². The van der Waals surface area contributed by atoms with Crippen molar-refractivity contribution in [2.24, 2.45) is 0 Å². The Balaban J connectivity index is 5.26. The number of nitrogens with zero attached hydrogens (tertiary/aromatic N) is 1. The number of carbonyl (C=O) groups excluding carboxylic acids is 2. The molecule has 2 N–H and O–H groups in total. The molecular formula is C68H124N2O7P+. The molecule has 0 saturated carbocycles. The van der Waals surface area contributed by atoms with Crippen LogP contribution in [0.4, 0.5) is 0 Å². The van der Waals surface area contributed by atoms with Gasteiger partial charge >= 0.3 is 13.8 Å². The number of phosphoric ester groups is 1. The number of unbranched alkanes of at least 4 members (excludes halogenated alkanes) is 30. The van der Waals surface area contributed by atoms with Crippen LogP contribution in [0.2, 0.25) is 0 Å². The SMILES string of the molecule is CCCCC/C=C\C/C=C\C/C=C\C/C=C\CCCCCC(=O)NC(COP(=O)(O)OCC[N+](C)(C)C)C(/C=C/CCCCCCCCCCCC)OC(=O)CCCCCCCCCCCCC/C=C\C/C=C\CCCCC. The zero-order valence-electron chi connectivity index (χ0n) is 51.6. The molecule has 1 amide bonds. The van der Waals surface area contributed by atoms with E-state index in [4.69, 9.17) is 13.8 Å². The van der Waals surface area contributed by atoms with Crippen LogP contribution in [0, 0.1) is 0 Å². The van der Waals surface area contributed by atoms with Crippen molar-refractivity contribution < 1.29 is 37.3 Å². The van der Waals surface area contributed by atoms with Gasteiger partial charge in [0.15, 0.2) is 0 Å². The molecule has 10 heteroatoms. The van der Waals surface area contributed by atoms with Gasteiger partial charge in [-0.3, -0.25) is 18.6 Å². The third-order valence-electron chi connectivity index (χ3n) is 14.1. The van der Waals surface area contributed by atoms with Gasteiger partial charge in [0.2, 0.25) is 5.91 Å². The van der Waals surface area contributed by atoms with E-state index < -0.39 is 20.0 Å². The Kier molecular flexibility index (Phi) is 55.4. The molecule has 0 fully saturated rings. The number of hydrogen-bond acceptors (Lipinski definition) is 6. The second-order valence-electron chi connectivity index (χ2n) is 22.9. The molecule has 9 nitrogen and oxygen atoms in total. The zero-order chi connectivity index (χ0) is 57.2. The summed E-state index contributed by atoms with van der Waals surface area (Å²) in [5.74, 6) is -0.541. The van der Waals surface area contributed by atoms with E-state index >= 15 is 0 Å². The first-order valence-electron chi connectivity index (χ1n) is 32.4. The van der Waals surface area contributed by atoms with E-state index in [1.807, 2.05) is 33.3 Å². The van der Waals surface area contributed by atoms with Gasteiger partial charge in [-0.1, -0.05) is 247 Å². The summed E-state index contributed by atoms with van der Waals surface area (Å²) in [5, 5.41) is 3.04. The maximum atomic E-state index is 13.6. The minimum atomic E-state index is -4.46. The number of phosphoric acid groups is 1. The first kappa shape index (κ1) is 75.2. The molecule has 78 heavy (non-hydrogen) atoms. The van der Waals surface area contributed by atoms with Crippen LogP contribution in [-0.2, 0) is 27.9 Å². The predicted octanol–water partition coefficient (Wildman–Crippen LogP) is 20.2. The van der Waals surface area contributed by atoms with Gasteiger partial charge in [-0.15, -0.1) is 0 Å². The van der Waals surface area contributed by atoms with Crippen LogP contribution in [0.1, 0.15) is 284 Å². The molecule has 0 heterocycles. The highest BCUT2D eigenvalue weighted by molar-refractivity contribution is 7.47. The number of esters is 1. The molecule has 0 saturated heterocycles. The number of hydrogen-bond donors (Lipinski definition) is 2. The van der Waals surface area contributed by atoms with Crippen molar-refractivity contribution in [3.63, 3.8) is 0 Å². The Labute approximate surface area is 482 Å². The smallest absolute Gasteiger partial charge is 0.456 e. The molecule has 0 aliphatic heterocycles. The normalized spacial score (nSPS) is 14.2. The summed E-state index contributed by atoms with van der Waals surface area (Å²) in [7, 11) is 1.47. The van der Waals surface area contributed by atoms with Gasteiger partial charge in [-0.25, -0.2) is 4.57 Å². The van der Waals surface area contributed by atoms with Gasteiger partial charge in [0, 0.05) is 12.8 Å². The lowest BCUT2D eigenvalue weighted by atomic mass is 10.0. The van der Waals surface area contributed by atoms with Crippen molar-refractivity contribution in [3.8, 4) is 0 Å². The second kappa shape index (κ2) is 57.4. The molecular weight excluding hydrogens is 988 g/mol. The van der Waals surface area contributed by atoms with Crippen molar-refractivity contribution in [2.45, 2.75) is 296 Å². The van der Waals surface area contributed by atoms with E-state index in [1.54, 1.807) is 0 Å². The first-order chi connectivity index (χ1) is 37.9. The monoisotopic (exact) mass is 1110 g/mol.